The predicted molar refractivity (Wildman–Crippen MR) is 110 cm³/mol. The van der Waals surface area contributed by atoms with Crippen molar-refractivity contribution in [1.29, 1.82) is 0 Å². The van der Waals surface area contributed by atoms with Crippen LogP contribution in [0.25, 0.3) is 33.7 Å². The minimum absolute atomic E-state index is 0.838. The van der Waals surface area contributed by atoms with E-state index in [2.05, 4.69) is 72.8 Å². The largest absolute Gasteiger partial charge is 0.445 e. The topological polar surface area (TPSA) is 18.5 Å². The summed E-state index contributed by atoms with van der Waals surface area (Å²) in [4.78, 5) is 0. The molecule has 0 unspecified atom stereocenters. The fourth-order valence-electron chi connectivity index (χ4n) is 4.03. The van der Waals surface area contributed by atoms with E-state index in [4.69, 9.17) is 9.47 Å². The van der Waals surface area contributed by atoms with E-state index < -0.39 is 5.79 Å². The highest BCUT2D eigenvalue weighted by Gasteiger charge is 2.36. The molecule has 0 radical (unpaired) electrons. The number of benzene rings is 4. The lowest BCUT2D eigenvalue weighted by Gasteiger charge is -2.35. The third kappa shape index (κ3) is 2.13. The fourth-order valence-corrected chi connectivity index (χ4v) is 4.03. The van der Waals surface area contributed by atoms with Gasteiger partial charge in [0.05, 0.1) is 0 Å². The zero-order valence-electron chi connectivity index (χ0n) is 14.6. The van der Waals surface area contributed by atoms with Gasteiger partial charge in [0.25, 0.3) is 5.79 Å². The van der Waals surface area contributed by atoms with Gasteiger partial charge in [0.1, 0.15) is 11.5 Å². The number of ether oxygens (including phenoxy) is 2. The molecule has 0 bridgehead atoms. The summed E-state index contributed by atoms with van der Waals surface area (Å²) in [5, 5.41) is 4.79. The highest BCUT2D eigenvalue weighted by Crippen LogP contribution is 2.42. The van der Waals surface area contributed by atoms with Crippen molar-refractivity contribution in [2.75, 3.05) is 0 Å². The average molecular weight is 348 g/mol. The Labute approximate surface area is 157 Å². The van der Waals surface area contributed by atoms with E-state index in [9.17, 15) is 0 Å². The molecule has 4 aromatic rings. The van der Waals surface area contributed by atoms with Gasteiger partial charge in [0.15, 0.2) is 0 Å². The quantitative estimate of drug-likeness (QED) is 0.377. The molecule has 2 heteroatoms. The van der Waals surface area contributed by atoms with Gasteiger partial charge in [-0.15, -0.1) is 0 Å². The van der Waals surface area contributed by atoms with Gasteiger partial charge < -0.3 is 9.47 Å². The maximum Gasteiger partial charge on any atom is 0.291 e. The van der Waals surface area contributed by atoms with Gasteiger partial charge in [-0.05, 0) is 45.8 Å². The molecule has 27 heavy (non-hydrogen) atoms. The molecule has 0 atom stereocenters. The Morgan fingerprint density at radius 2 is 1.00 bits per heavy atom. The Kier molecular flexibility index (Phi) is 2.84. The van der Waals surface area contributed by atoms with E-state index in [0.717, 1.165) is 22.6 Å². The molecule has 0 amide bonds. The van der Waals surface area contributed by atoms with Crippen LogP contribution < -0.4 is 9.47 Å². The lowest BCUT2D eigenvalue weighted by Crippen LogP contribution is -2.41. The summed E-state index contributed by atoms with van der Waals surface area (Å²) in [6, 6.07) is 24.9. The Morgan fingerprint density at radius 1 is 0.519 bits per heavy atom. The highest BCUT2D eigenvalue weighted by atomic mass is 16.7. The number of rotatable bonds is 0. The van der Waals surface area contributed by atoms with Crippen molar-refractivity contribution in [2.24, 2.45) is 0 Å². The number of hydrogen-bond acceptors (Lipinski definition) is 2. The fraction of sp³-hybridized carbons (Fsp3) is 0.0400. The molecule has 0 aromatic heterocycles. The second-order valence-electron chi connectivity index (χ2n) is 6.99. The molecule has 2 aliphatic rings. The minimum atomic E-state index is -0.898. The van der Waals surface area contributed by atoms with Crippen molar-refractivity contribution in [3.63, 3.8) is 0 Å². The van der Waals surface area contributed by atoms with Gasteiger partial charge in [-0.3, -0.25) is 0 Å². The zero-order chi connectivity index (χ0) is 17.8. The Hall–Kier alpha value is -3.52. The van der Waals surface area contributed by atoms with Crippen LogP contribution in [0.3, 0.4) is 0 Å². The molecule has 2 heterocycles. The van der Waals surface area contributed by atoms with Crippen LogP contribution in [0.2, 0.25) is 0 Å². The highest BCUT2D eigenvalue weighted by molar-refractivity contribution is 5.95. The molecule has 0 N–H and O–H groups in total. The molecule has 0 aliphatic carbocycles. The van der Waals surface area contributed by atoms with Crippen molar-refractivity contribution in [2.45, 2.75) is 5.79 Å². The van der Waals surface area contributed by atoms with Crippen molar-refractivity contribution in [3.05, 3.63) is 96.1 Å². The van der Waals surface area contributed by atoms with Crippen molar-refractivity contribution in [3.8, 4) is 11.5 Å². The summed E-state index contributed by atoms with van der Waals surface area (Å²) in [7, 11) is 0. The Bertz CT molecular complexity index is 1180. The van der Waals surface area contributed by atoms with E-state index in [1.54, 1.807) is 0 Å². The maximum atomic E-state index is 6.34. The first-order valence-electron chi connectivity index (χ1n) is 9.11. The molecule has 0 fully saturated rings. The Balaban J connectivity index is 1.46. The third-order valence-electron chi connectivity index (χ3n) is 5.36. The van der Waals surface area contributed by atoms with E-state index >= 15 is 0 Å². The van der Waals surface area contributed by atoms with E-state index in [1.807, 2.05) is 24.3 Å². The van der Waals surface area contributed by atoms with Gasteiger partial charge in [0.2, 0.25) is 0 Å². The predicted octanol–water partition coefficient (Wildman–Crippen LogP) is 6.20. The van der Waals surface area contributed by atoms with Gasteiger partial charge in [-0.2, -0.15) is 0 Å². The molecular weight excluding hydrogens is 332 g/mol. The van der Waals surface area contributed by atoms with Crippen LogP contribution in [0.4, 0.5) is 0 Å². The normalized spacial score (nSPS) is 16.0. The molecule has 1 spiro atoms. The molecule has 2 aliphatic heterocycles. The zero-order valence-corrected chi connectivity index (χ0v) is 14.6. The van der Waals surface area contributed by atoms with E-state index in [0.29, 0.717) is 0 Å². The number of fused-ring (bicyclic) bond motifs is 6. The van der Waals surface area contributed by atoms with Crippen molar-refractivity contribution >= 4 is 33.7 Å². The molecule has 0 saturated carbocycles. The second-order valence-corrected chi connectivity index (χ2v) is 6.99. The maximum absolute atomic E-state index is 6.34. The summed E-state index contributed by atoms with van der Waals surface area (Å²) in [6.07, 6.45) is 8.21. The smallest absolute Gasteiger partial charge is 0.291 e. The monoisotopic (exact) mass is 348 g/mol. The minimum Gasteiger partial charge on any atom is -0.445 e. The summed E-state index contributed by atoms with van der Waals surface area (Å²) < 4.78 is 12.7. The van der Waals surface area contributed by atoms with Crippen LogP contribution in [-0.4, -0.2) is 5.79 Å². The van der Waals surface area contributed by atoms with E-state index in [1.165, 1.54) is 21.5 Å². The molecule has 6 rings (SSSR count). The van der Waals surface area contributed by atoms with Crippen LogP contribution in [0, 0.1) is 0 Å². The summed E-state index contributed by atoms with van der Waals surface area (Å²) in [5.41, 5.74) is 2.19. The molecule has 0 saturated heterocycles. The standard InChI is InChI=1S/C25H16O2/c1-3-7-19-17(5-1)9-11-23-21(19)13-15-25(26-23)16-14-22-20-8-4-2-6-18(20)10-12-24(22)27-25/h1-16H. The summed E-state index contributed by atoms with van der Waals surface area (Å²) >= 11 is 0. The molecular formula is C25H16O2. The summed E-state index contributed by atoms with van der Waals surface area (Å²) in [6.45, 7) is 0. The summed E-state index contributed by atoms with van der Waals surface area (Å²) in [5.74, 6) is 0.778. The van der Waals surface area contributed by atoms with Gasteiger partial charge in [0, 0.05) is 23.3 Å². The Morgan fingerprint density at radius 3 is 1.52 bits per heavy atom. The van der Waals surface area contributed by atoms with Gasteiger partial charge in [-0.1, -0.05) is 60.7 Å². The average Bonchev–Trinajstić information content (AvgIpc) is 2.73. The first kappa shape index (κ1) is 14.6. The SMILES string of the molecule is C1=CC2(C=Cc3c(ccc4ccccc34)O2)Oc2ccc3ccccc3c21. The van der Waals surface area contributed by atoms with Gasteiger partial charge in [-0.25, -0.2) is 0 Å². The first-order chi connectivity index (χ1) is 13.3. The number of hydrogen-bond donors (Lipinski definition) is 0. The molecule has 4 aromatic carbocycles. The van der Waals surface area contributed by atoms with Crippen LogP contribution in [0.5, 0.6) is 11.5 Å². The lowest BCUT2D eigenvalue weighted by atomic mass is 9.97. The second kappa shape index (κ2) is 5.24. The van der Waals surface area contributed by atoms with Crippen LogP contribution in [-0.2, 0) is 0 Å². The van der Waals surface area contributed by atoms with Crippen LogP contribution >= 0.6 is 0 Å². The third-order valence-corrected chi connectivity index (χ3v) is 5.36. The first-order valence-corrected chi connectivity index (χ1v) is 9.11. The van der Waals surface area contributed by atoms with Crippen LogP contribution in [0.1, 0.15) is 11.1 Å². The lowest BCUT2D eigenvalue weighted by molar-refractivity contribution is -0.0304. The molecule has 2 nitrogen and oxygen atoms in total. The van der Waals surface area contributed by atoms with Gasteiger partial charge >= 0.3 is 0 Å². The van der Waals surface area contributed by atoms with Crippen molar-refractivity contribution < 1.29 is 9.47 Å². The van der Waals surface area contributed by atoms with Crippen LogP contribution in [0.15, 0.2) is 84.9 Å². The molecule has 128 valence electrons. The van der Waals surface area contributed by atoms with E-state index in [-0.39, 0.29) is 0 Å². The van der Waals surface area contributed by atoms with Crippen molar-refractivity contribution in [1.82, 2.24) is 0 Å².